The molecule has 1 heterocycles. The number of allylic oxidation sites excluding steroid dienone is 1. The number of rotatable bonds is 3. The van der Waals surface area contributed by atoms with Crippen molar-refractivity contribution in [2.75, 3.05) is 0 Å². The van der Waals surface area contributed by atoms with Crippen LogP contribution in [0.15, 0.2) is 24.7 Å². The van der Waals surface area contributed by atoms with Gasteiger partial charge in [0, 0.05) is 6.54 Å². The number of halogens is 3. The third kappa shape index (κ3) is 2.11. The molecule has 0 aliphatic carbocycles. The van der Waals surface area contributed by atoms with Gasteiger partial charge in [-0.3, -0.25) is 4.68 Å². The molecule has 0 radical (unpaired) electrons. The first-order valence-corrected chi connectivity index (χ1v) is 3.20. The van der Waals surface area contributed by atoms with E-state index in [4.69, 9.17) is 0 Å². The van der Waals surface area contributed by atoms with Gasteiger partial charge in [0.15, 0.2) is 0 Å². The van der Waals surface area contributed by atoms with Crippen LogP contribution in [0.2, 0.25) is 0 Å². The topological polar surface area (TPSA) is 30.7 Å². The van der Waals surface area contributed by atoms with Crippen molar-refractivity contribution in [2.24, 2.45) is 0 Å². The van der Waals surface area contributed by atoms with Crippen molar-refractivity contribution in [1.29, 1.82) is 0 Å². The standard InChI is InChI=1S/C5H6BF3N3/c1-5(6(7,8)9)2-12-4-10-3-11-12/h3-4H,1-2H2/q-1. The molecule has 1 aromatic rings. The van der Waals surface area contributed by atoms with Gasteiger partial charge < -0.3 is 12.9 Å². The zero-order valence-electron chi connectivity index (χ0n) is 6.12. The van der Waals surface area contributed by atoms with Crippen LogP contribution in [0.3, 0.4) is 0 Å². The van der Waals surface area contributed by atoms with Crippen LogP contribution in [0.5, 0.6) is 0 Å². The lowest BCUT2D eigenvalue weighted by atomic mass is 9.80. The zero-order chi connectivity index (χ0) is 9.19. The van der Waals surface area contributed by atoms with E-state index in [-0.39, 0.29) is 6.54 Å². The first-order chi connectivity index (χ1) is 5.50. The Morgan fingerprint density at radius 2 is 2.17 bits per heavy atom. The van der Waals surface area contributed by atoms with E-state index >= 15 is 0 Å². The van der Waals surface area contributed by atoms with Gasteiger partial charge in [0.05, 0.1) is 0 Å². The van der Waals surface area contributed by atoms with Crippen LogP contribution in [0.4, 0.5) is 12.9 Å². The second-order valence-electron chi connectivity index (χ2n) is 2.33. The molecular formula is C5H6BF3N3-. The molecule has 0 N–H and O–H groups in total. The van der Waals surface area contributed by atoms with Gasteiger partial charge in [0.25, 0.3) is 0 Å². The highest BCUT2D eigenvalue weighted by molar-refractivity contribution is 6.66. The highest BCUT2D eigenvalue weighted by atomic mass is 19.4. The SMILES string of the molecule is C=C(Cn1cncn1)[B-](F)(F)F. The van der Waals surface area contributed by atoms with Gasteiger partial charge in [-0.25, -0.2) is 4.98 Å². The lowest BCUT2D eigenvalue weighted by Crippen LogP contribution is -2.22. The minimum absolute atomic E-state index is 0.344. The molecule has 0 spiro atoms. The van der Waals surface area contributed by atoms with E-state index in [1.165, 1.54) is 12.7 Å². The monoisotopic (exact) mass is 176 g/mol. The molecule has 12 heavy (non-hydrogen) atoms. The van der Waals surface area contributed by atoms with Crippen molar-refractivity contribution in [3.63, 3.8) is 0 Å². The smallest absolute Gasteiger partial charge is 0.445 e. The molecule has 7 heteroatoms. The van der Waals surface area contributed by atoms with Crippen LogP contribution in [0.1, 0.15) is 0 Å². The summed E-state index contributed by atoms with van der Waals surface area (Å²) in [5.74, 6) is 0. The van der Waals surface area contributed by atoms with Crippen molar-refractivity contribution in [3.8, 4) is 0 Å². The summed E-state index contributed by atoms with van der Waals surface area (Å²) in [5.41, 5.74) is -0.777. The molecule has 0 saturated heterocycles. The van der Waals surface area contributed by atoms with Crippen LogP contribution >= 0.6 is 0 Å². The fraction of sp³-hybridized carbons (Fsp3) is 0.200. The normalized spacial score (nSPS) is 11.6. The minimum Gasteiger partial charge on any atom is -0.445 e. The molecule has 0 saturated carbocycles. The summed E-state index contributed by atoms with van der Waals surface area (Å²) in [6.45, 7) is -2.39. The molecule has 1 aromatic heterocycles. The van der Waals surface area contributed by atoms with Crippen molar-refractivity contribution in [2.45, 2.75) is 6.54 Å². The van der Waals surface area contributed by atoms with Crippen LogP contribution < -0.4 is 0 Å². The third-order valence-corrected chi connectivity index (χ3v) is 1.29. The Bertz CT molecular complexity index is 266. The molecule has 0 bridgehead atoms. The highest BCUT2D eigenvalue weighted by Gasteiger charge is 2.26. The highest BCUT2D eigenvalue weighted by Crippen LogP contribution is 2.18. The first-order valence-electron chi connectivity index (χ1n) is 3.20. The predicted molar refractivity (Wildman–Crippen MR) is 38.2 cm³/mol. The maximum absolute atomic E-state index is 11.9. The van der Waals surface area contributed by atoms with Crippen LogP contribution in [0.25, 0.3) is 0 Å². The molecule has 0 aliphatic rings. The van der Waals surface area contributed by atoms with Gasteiger partial charge in [-0.1, -0.05) is 0 Å². The predicted octanol–water partition coefficient (Wildman–Crippen LogP) is 1.22. The van der Waals surface area contributed by atoms with Crippen molar-refractivity contribution >= 4 is 6.98 Å². The largest absolute Gasteiger partial charge is 0.506 e. The second kappa shape index (κ2) is 3.00. The molecule has 0 aliphatic heterocycles. The molecule has 1 rings (SSSR count). The Morgan fingerprint density at radius 1 is 1.50 bits per heavy atom. The Balaban J connectivity index is 2.60. The fourth-order valence-corrected chi connectivity index (χ4v) is 0.626. The summed E-state index contributed by atoms with van der Waals surface area (Å²) in [5, 5.41) is 3.52. The van der Waals surface area contributed by atoms with E-state index in [9.17, 15) is 12.9 Å². The summed E-state index contributed by atoms with van der Waals surface area (Å²) >= 11 is 0. The van der Waals surface area contributed by atoms with E-state index in [2.05, 4.69) is 16.7 Å². The van der Waals surface area contributed by atoms with Gasteiger partial charge in [-0.05, 0) is 0 Å². The van der Waals surface area contributed by atoms with Gasteiger partial charge >= 0.3 is 6.98 Å². The van der Waals surface area contributed by atoms with Crippen molar-refractivity contribution in [3.05, 3.63) is 24.7 Å². The Kier molecular flexibility index (Phi) is 2.21. The molecule has 0 amide bonds. The number of hydrogen-bond donors (Lipinski definition) is 0. The molecular weight excluding hydrogens is 170 g/mol. The zero-order valence-corrected chi connectivity index (χ0v) is 6.12. The van der Waals surface area contributed by atoms with E-state index in [1.54, 1.807) is 0 Å². The summed E-state index contributed by atoms with van der Waals surface area (Å²) in [6, 6.07) is 0. The number of nitrogens with zero attached hydrogens (tertiary/aromatic N) is 3. The average Bonchev–Trinajstić information content (AvgIpc) is 2.37. The first kappa shape index (κ1) is 8.83. The van der Waals surface area contributed by atoms with Gasteiger partial charge in [-0.15, -0.1) is 12.1 Å². The minimum atomic E-state index is -4.96. The van der Waals surface area contributed by atoms with E-state index < -0.39 is 12.4 Å². The number of aromatic nitrogens is 3. The average molecular weight is 176 g/mol. The molecule has 0 aromatic carbocycles. The van der Waals surface area contributed by atoms with Crippen LogP contribution in [-0.2, 0) is 6.54 Å². The quantitative estimate of drug-likeness (QED) is 0.648. The second-order valence-corrected chi connectivity index (χ2v) is 2.33. The van der Waals surface area contributed by atoms with Gasteiger partial charge in [0.1, 0.15) is 12.7 Å². The van der Waals surface area contributed by atoms with Crippen LogP contribution in [-0.4, -0.2) is 21.7 Å². The van der Waals surface area contributed by atoms with Gasteiger partial charge in [0.2, 0.25) is 0 Å². The Morgan fingerprint density at radius 3 is 2.58 bits per heavy atom. The molecule has 0 unspecified atom stereocenters. The lowest BCUT2D eigenvalue weighted by Gasteiger charge is -2.16. The van der Waals surface area contributed by atoms with Crippen molar-refractivity contribution < 1.29 is 12.9 Å². The third-order valence-electron chi connectivity index (χ3n) is 1.29. The molecule has 0 atom stereocenters. The summed E-state index contributed by atoms with van der Waals surface area (Å²) in [7, 11) is 0. The van der Waals surface area contributed by atoms with Crippen molar-refractivity contribution in [1.82, 2.24) is 14.8 Å². The lowest BCUT2D eigenvalue weighted by molar-refractivity contribution is 0.479. The summed E-state index contributed by atoms with van der Waals surface area (Å²) in [4.78, 5) is 3.51. The Hall–Kier alpha value is -1.27. The fourth-order valence-electron chi connectivity index (χ4n) is 0.626. The van der Waals surface area contributed by atoms with Gasteiger partial charge in [-0.2, -0.15) is 5.10 Å². The van der Waals surface area contributed by atoms with E-state index in [1.807, 2.05) is 0 Å². The maximum atomic E-state index is 11.9. The molecule has 0 fully saturated rings. The summed E-state index contributed by atoms with van der Waals surface area (Å²) in [6.07, 6.45) is 2.39. The molecule has 3 nitrogen and oxygen atoms in total. The summed E-state index contributed by atoms with van der Waals surface area (Å²) < 4.78 is 36.9. The van der Waals surface area contributed by atoms with E-state index in [0.29, 0.717) is 0 Å². The van der Waals surface area contributed by atoms with E-state index in [0.717, 1.165) is 4.68 Å². The van der Waals surface area contributed by atoms with Crippen LogP contribution in [0, 0.1) is 0 Å². The maximum Gasteiger partial charge on any atom is 0.506 e. The Labute approximate surface area is 67.0 Å². The number of hydrogen-bond acceptors (Lipinski definition) is 2. The molecule has 66 valence electrons.